The van der Waals surface area contributed by atoms with E-state index in [0.29, 0.717) is 37.8 Å². The number of aromatic amines is 1. The predicted molar refractivity (Wildman–Crippen MR) is 135 cm³/mol. The normalized spacial score (nSPS) is 14.7. The minimum absolute atomic E-state index is 0.254. The fraction of sp³-hybridized carbons (Fsp3) is 0.320. The molecular formula is C25H28N6O3S. The van der Waals surface area contributed by atoms with Gasteiger partial charge >= 0.3 is 0 Å². The molecule has 0 bridgehead atoms. The molecule has 0 unspecified atom stereocenters. The number of H-pyrrole nitrogens is 1. The first-order chi connectivity index (χ1) is 16.9. The van der Waals surface area contributed by atoms with Gasteiger partial charge in [-0.25, -0.2) is 18.4 Å². The van der Waals surface area contributed by atoms with Crippen LogP contribution in [-0.4, -0.2) is 72.9 Å². The van der Waals surface area contributed by atoms with Crippen LogP contribution < -0.4 is 4.90 Å². The smallest absolute Gasteiger partial charge is 0.175 e. The van der Waals surface area contributed by atoms with Crippen LogP contribution in [0.2, 0.25) is 0 Å². The van der Waals surface area contributed by atoms with Crippen molar-refractivity contribution in [2.24, 2.45) is 0 Å². The van der Waals surface area contributed by atoms with Gasteiger partial charge in [-0.15, -0.1) is 0 Å². The summed E-state index contributed by atoms with van der Waals surface area (Å²) in [5.74, 6) is 1.49. The van der Waals surface area contributed by atoms with Gasteiger partial charge in [0.05, 0.1) is 30.3 Å². The lowest BCUT2D eigenvalue weighted by Crippen LogP contribution is -2.37. The Labute approximate surface area is 204 Å². The molecule has 1 aliphatic rings. The number of anilines is 1. The highest BCUT2D eigenvalue weighted by Gasteiger charge is 2.19. The van der Waals surface area contributed by atoms with E-state index in [1.807, 2.05) is 43.7 Å². The molecule has 1 aromatic carbocycles. The zero-order valence-corrected chi connectivity index (χ0v) is 20.6. The molecule has 1 aliphatic heterocycles. The van der Waals surface area contributed by atoms with Crippen molar-refractivity contribution >= 4 is 26.6 Å². The van der Waals surface area contributed by atoms with Gasteiger partial charge in [-0.3, -0.25) is 9.88 Å². The molecule has 0 spiro atoms. The van der Waals surface area contributed by atoms with Crippen LogP contribution in [0.3, 0.4) is 0 Å². The topological polar surface area (TPSA) is 104 Å². The van der Waals surface area contributed by atoms with Crippen LogP contribution in [0.5, 0.6) is 0 Å². The Bertz CT molecular complexity index is 1430. The minimum Gasteiger partial charge on any atom is -0.378 e. The lowest BCUT2D eigenvalue weighted by Gasteiger charge is -2.28. The zero-order valence-electron chi connectivity index (χ0n) is 19.8. The minimum atomic E-state index is -3.40. The molecule has 4 heterocycles. The molecule has 9 nitrogen and oxygen atoms in total. The van der Waals surface area contributed by atoms with Crippen LogP contribution in [-0.2, 0) is 27.7 Å². The van der Waals surface area contributed by atoms with Gasteiger partial charge in [-0.2, -0.15) is 0 Å². The van der Waals surface area contributed by atoms with E-state index in [-0.39, 0.29) is 4.90 Å². The Hall–Kier alpha value is -3.34. The Morgan fingerprint density at radius 1 is 1.11 bits per heavy atom. The van der Waals surface area contributed by atoms with E-state index in [1.54, 1.807) is 18.3 Å². The Balaban J connectivity index is 1.57. The summed E-state index contributed by atoms with van der Waals surface area (Å²) in [7, 11) is -1.38. The SMILES string of the molecule is CN(Cc1cccnc1)Cc1nc(-c2cc(S(C)(=O)=O)cc3[nH]ccc23)cc(N2CCOCC2)n1. The molecule has 0 amide bonds. The highest BCUT2D eigenvalue weighted by Crippen LogP contribution is 2.32. The van der Waals surface area contributed by atoms with Crippen molar-refractivity contribution in [2.75, 3.05) is 44.5 Å². The van der Waals surface area contributed by atoms with Gasteiger partial charge in [-0.1, -0.05) is 6.07 Å². The van der Waals surface area contributed by atoms with Crippen LogP contribution in [0.4, 0.5) is 5.82 Å². The van der Waals surface area contributed by atoms with Gasteiger partial charge in [0.2, 0.25) is 0 Å². The number of pyridine rings is 1. The molecule has 0 saturated carbocycles. The summed E-state index contributed by atoms with van der Waals surface area (Å²) in [5.41, 5.74) is 3.32. The number of aromatic nitrogens is 4. The molecule has 35 heavy (non-hydrogen) atoms. The zero-order chi connectivity index (χ0) is 24.4. The summed E-state index contributed by atoms with van der Waals surface area (Å²) in [6.45, 7) is 4.00. The molecule has 0 atom stereocenters. The van der Waals surface area contributed by atoms with Gasteiger partial charge in [0, 0.05) is 67.0 Å². The molecule has 1 saturated heterocycles. The summed E-state index contributed by atoms with van der Waals surface area (Å²) < 4.78 is 30.3. The van der Waals surface area contributed by atoms with Gasteiger partial charge in [-0.05, 0) is 36.9 Å². The van der Waals surface area contributed by atoms with E-state index in [1.165, 1.54) is 6.26 Å². The largest absolute Gasteiger partial charge is 0.378 e. The highest BCUT2D eigenvalue weighted by molar-refractivity contribution is 7.90. The number of rotatable bonds is 7. The van der Waals surface area contributed by atoms with E-state index >= 15 is 0 Å². The van der Waals surface area contributed by atoms with Crippen molar-refractivity contribution in [1.29, 1.82) is 0 Å². The lowest BCUT2D eigenvalue weighted by atomic mass is 10.1. The number of fused-ring (bicyclic) bond motifs is 1. The number of hydrogen-bond acceptors (Lipinski definition) is 8. The number of morpholine rings is 1. The molecule has 10 heteroatoms. The summed E-state index contributed by atoms with van der Waals surface area (Å²) in [6.07, 6.45) is 6.65. The number of nitrogens with zero attached hydrogens (tertiary/aromatic N) is 5. The monoisotopic (exact) mass is 492 g/mol. The second kappa shape index (κ2) is 9.73. The van der Waals surface area contributed by atoms with Crippen LogP contribution in [0.25, 0.3) is 22.2 Å². The molecule has 1 N–H and O–H groups in total. The number of sulfone groups is 1. The third kappa shape index (κ3) is 5.34. The van der Waals surface area contributed by atoms with Gasteiger partial charge in [0.1, 0.15) is 11.6 Å². The van der Waals surface area contributed by atoms with Gasteiger partial charge < -0.3 is 14.6 Å². The second-order valence-electron chi connectivity index (χ2n) is 8.84. The summed E-state index contributed by atoms with van der Waals surface area (Å²) in [4.78, 5) is 21.7. The van der Waals surface area contributed by atoms with Crippen molar-refractivity contribution in [3.8, 4) is 11.3 Å². The fourth-order valence-corrected chi connectivity index (χ4v) is 4.98. The van der Waals surface area contributed by atoms with Crippen molar-refractivity contribution < 1.29 is 13.2 Å². The Morgan fingerprint density at radius 2 is 1.94 bits per heavy atom. The Kier molecular flexibility index (Phi) is 6.50. The average molecular weight is 493 g/mol. The third-order valence-electron chi connectivity index (χ3n) is 6.03. The third-order valence-corrected chi connectivity index (χ3v) is 7.12. The summed E-state index contributed by atoms with van der Waals surface area (Å²) in [5, 5.41) is 0.915. The van der Waals surface area contributed by atoms with E-state index in [4.69, 9.17) is 14.7 Å². The first-order valence-corrected chi connectivity index (χ1v) is 13.4. The summed E-state index contributed by atoms with van der Waals surface area (Å²) >= 11 is 0. The van der Waals surface area contributed by atoms with E-state index in [0.717, 1.165) is 40.9 Å². The van der Waals surface area contributed by atoms with Gasteiger partial charge in [0.25, 0.3) is 0 Å². The van der Waals surface area contributed by atoms with Crippen LogP contribution in [0.1, 0.15) is 11.4 Å². The Morgan fingerprint density at radius 3 is 2.69 bits per heavy atom. The molecule has 0 aliphatic carbocycles. The lowest BCUT2D eigenvalue weighted by molar-refractivity contribution is 0.122. The van der Waals surface area contributed by atoms with E-state index < -0.39 is 9.84 Å². The van der Waals surface area contributed by atoms with E-state index in [2.05, 4.69) is 19.8 Å². The average Bonchev–Trinajstić information content (AvgIpc) is 3.33. The molecule has 1 fully saturated rings. The van der Waals surface area contributed by atoms with Gasteiger partial charge in [0.15, 0.2) is 9.84 Å². The number of hydrogen-bond donors (Lipinski definition) is 1. The molecule has 5 rings (SSSR count). The predicted octanol–water partition coefficient (Wildman–Crippen LogP) is 2.89. The van der Waals surface area contributed by atoms with Crippen molar-refractivity contribution in [3.05, 3.63) is 66.4 Å². The first kappa shape index (κ1) is 23.4. The second-order valence-corrected chi connectivity index (χ2v) is 10.9. The summed E-state index contributed by atoms with van der Waals surface area (Å²) in [6, 6.07) is 11.2. The maximum atomic E-state index is 12.4. The molecular weight excluding hydrogens is 464 g/mol. The van der Waals surface area contributed by atoms with Crippen molar-refractivity contribution in [2.45, 2.75) is 18.0 Å². The fourth-order valence-electron chi connectivity index (χ4n) is 4.31. The maximum Gasteiger partial charge on any atom is 0.175 e. The van der Waals surface area contributed by atoms with Crippen LogP contribution in [0.15, 0.2) is 59.9 Å². The quantitative estimate of drug-likeness (QED) is 0.420. The molecule has 182 valence electrons. The van der Waals surface area contributed by atoms with Crippen LogP contribution in [0, 0.1) is 0 Å². The number of nitrogens with one attached hydrogen (secondary N) is 1. The highest BCUT2D eigenvalue weighted by atomic mass is 32.2. The van der Waals surface area contributed by atoms with Crippen molar-refractivity contribution in [3.63, 3.8) is 0 Å². The number of ether oxygens (including phenoxy) is 1. The molecule has 0 radical (unpaired) electrons. The standard InChI is InChI=1S/C25H28N6O3S/c1-30(16-18-4-3-6-26-15-18)17-24-28-23(14-25(29-24)31-8-10-34-11-9-31)21-12-19(35(2,32)33)13-22-20(21)5-7-27-22/h3-7,12-15,27H,8-11,16-17H2,1-2H3. The van der Waals surface area contributed by atoms with Crippen LogP contribution >= 0.6 is 0 Å². The molecule has 3 aromatic heterocycles. The number of benzene rings is 1. The maximum absolute atomic E-state index is 12.4. The molecule has 4 aromatic rings. The van der Waals surface area contributed by atoms with E-state index in [9.17, 15) is 8.42 Å². The first-order valence-electron chi connectivity index (χ1n) is 11.5. The van der Waals surface area contributed by atoms with Crippen molar-refractivity contribution in [1.82, 2.24) is 24.8 Å².